The van der Waals surface area contributed by atoms with Crippen molar-refractivity contribution in [2.24, 2.45) is 0 Å². The summed E-state index contributed by atoms with van der Waals surface area (Å²) < 4.78 is 2.28. The Bertz CT molecular complexity index is 474. The molecule has 3 heteroatoms. The molecule has 0 atom stereocenters. The molecule has 2 rings (SSSR count). The lowest BCUT2D eigenvalue weighted by molar-refractivity contribution is 0.623. The zero-order valence-corrected chi connectivity index (χ0v) is 11.2. The summed E-state index contributed by atoms with van der Waals surface area (Å²) in [5.41, 5.74) is 2.57. The molecule has 0 aliphatic carbocycles. The Morgan fingerprint density at radius 2 is 2.00 bits per heavy atom. The molecule has 0 bridgehead atoms. The van der Waals surface area contributed by atoms with Gasteiger partial charge >= 0.3 is 0 Å². The van der Waals surface area contributed by atoms with Crippen LogP contribution in [0, 0.1) is 6.92 Å². The molecule has 1 aromatic carbocycles. The van der Waals surface area contributed by atoms with E-state index in [1.807, 2.05) is 12.3 Å². The van der Waals surface area contributed by atoms with Gasteiger partial charge in [-0.15, -0.1) is 0 Å². The third-order valence-corrected chi connectivity index (χ3v) is 3.05. The van der Waals surface area contributed by atoms with Gasteiger partial charge in [0, 0.05) is 19.3 Å². The second-order valence-electron chi connectivity index (χ2n) is 4.55. The van der Waals surface area contributed by atoms with Crippen molar-refractivity contribution >= 4 is 0 Å². The zero-order valence-electron chi connectivity index (χ0n) is 11.2. The number of benzene rings is 1. The van der Waals surface area contributed by atoms with Gasteiger partial charge in [-0.1, -0.05) is 37.3 Å². The van der Waals surface area contributed by atoms with Crippen molar-refractivity contribution in [1.82, 2.24) is 14.9 Å². The van der Waals surface area contributed by atoms with E-state index in [-0.39, 0.29) is 0 Å². The first-order chi connectivity index (χ1) is 8.81. The summed E-state index contributed by atoms with van der Waals surface area (Å²) in [7, 11) is 0. The van der Waals surface area contributed by atoms with Gasteiger partial charge in [0.2, 0.25) is 0 Å². The molecule has 0 fully saturated rings. The molecule has 0 spiro atoms. The van der Waals surface area contributed by atoms with Crippen LogP contribution in [0.2, 0.25) is 0 Å². The van der Waals surface area contributed by atoms with E-state index >= 15 is 0 Å². The van der Waals surface area contributed by atoms with Gasteiger partial charge in [-0.05, 0) is 25.5 Å². The number of aromatic nitrogens is 2. The Morgan fingerprint density at radius 3 is 2.72 bits per heavy atom. The maximum atomic E-state index is 4.41. The van der Waals surface area contributed by atoms with Crippen molar-refractivity contribution in [3.05, 3.63) is 53.6 Å². The number of nitrogens with zero attached hydrogens (tertiary/aromatic N) is 2. The summed E-state index contributed by atoms with van der Waals surface area (Å²) in [5.74, 6) is 1.08. The lowest BCUT2D eigenvalue weighted by Crippen LogP contribution is -2.17. The fourth-order valence-electron chi connectivity index (χ4n) is 2.03. The van der Waals surface area contributed by atoms with Crippen LogP contribution in [-0.4, -0.2) is 16.1 Å². The molecular weight excluding hydrogens is 222 g/mol. The van der Waals surface area contributed by atoms with Crippen molar-refractivity contribution < 1.29 is 0 Å². The Labute approximate surface area is 109 Å². The van der Waals surface area contributed by atoms with Gasteiger partial charge in [0.05, 0.1) is 5.69 Å². The second kappa shape index (κ2) is 6.36. The van der Waals surface area contributed by atoms with Crippen LogP contribution in [0.15, 0.2) is 36.5 Å². The molecule has 0 unspecified atom stereocenters. The highest BCUT2D eigenvalue weighted by atomic mass is 15.1. The average Bonchev–Trinajstić information content (AvgIpc) is 2.73. The van der Waals surface area contributed by atoms with Crippen LogP contribution in [0.4, 0.5) is 0 Å². The molecule has 3 nitrogen and oxygen atoms in total. The van der Waals surface area contributed by atoms with E-state index in [1.54, 1.807) is 0 Å². The van der Waals surface area contributed by atoms with Crippen LogP contribution >= 0.6 is 0 Å². The van der Waals surface area contributed by atoms with Gasteiger partial charge in [-0.2, -0.15) is 0 Å². The number of imidazole rings is 1. The molecule has 2 aromatic rings. The normalized spacial score (nSPS) is 10.8. The van der Waals surface area contributed by atoms with E-state index in [4.69, 9.17) is 0 Å². The summed E-state index contributed by atoms with van der Waals surface area (Å²) >= 11 is 0. The quantitative estimate of drug-likeness (QED) is 0.791. The minimum absolute atomic E-state index is 0.890. The summed E-state index contributed by atoms with van der Waals surface area (Å²) in [5, 5.41) is 3.43. The first-order valence-corrected chi connectivity index (χ1v) is 6.57. The molecule has 0 saturated heterocycles. The van der Waals surface area contributed by atoms with Crippen molar-refractivity contribution in [3.8, 4) is 0 Å². The van der Waals surface area contributed by atoms with Crippen molar-refractivity contribution in [2.45, 2.75) is 33.4 Å². The van der Waals surface area contributed by atoms with E-state index < -0.39 is 0 Å². The number of hydrogen-bond acceptors (Lipinski definition) is 2. The maximum absolute atomic E-state index is 4.41. The van der Waals surface area contributed by atoms with E-state index in [1.165, 1.54) is 11.3 Å². The number of hydrogen-bond donors (Lipinski definition) is 1. The Morgan fingerprint density at radius 1 is 1.22 bits per heavy atom. The van der Waals surface area contributed by atoms with E-state index in [0.717, 1.165) is 31.9 Å². The van der Waals surface area contributed by atoms with Gasteiger partial charge in [0.1, 0.15) is 5.82 Å². The Hall–Kier alpha value is -1.61. The molecule has 1 aromatic heterocycles. The average molecular weight is 243 g/mol. The van der Waals surface area contributed by atoms with E-state index in [0.29, 0.717) is 0 Å². The fraction of sp³-hybridized carbons (Fsp3) is 0.400. The summed E-state index contributed by atoms with van der Waals surface area (Å²) in [4.78, 5) is 4.41. The monoisotopic (exact) mass is 243 g/mol. The topological polar surface area (TPSA) is 29.9 Å². The second-order valence-corrected chi connectivity index (χ2v) is 4.55. The fourth-order valence-corrected chi connectivity index (χ4v) is 2.03. The van der Waals surface area contributed by atoms with Crippen LogP contribution in [0.3, 0.4) is 0 Å². The summed E-state index contributed by atoms with van der Waals surface area (Å²) in [6, 6.07) is 10.5. The first-order valence-electron chi connectivity index (χ1n) is 6.57. The van der Waals surface area contributed by atoms with Crippen molar-refractivity contribution in [1.29, 1.82) is 0 Å². The minimum Gasteiger partial charge on any atom is -0.327 e. The number of aryl methyl sites for hydroxylation is 1. The van der Waals surface area contributed by atoms with Gasteiger partial charge in [0.15, 0.2) is 0 Å². The third kappa shape index (κ3) is 3.20. The molecule has 0 radical (unpaired) electrons. The summed E-state index contributed by atoms with van der Waals surface area (Å²) in [6.07, 6.45) is 3.13. The molecular formula is C15H21N3. The SMILES string of the molecule is CCCNCc1cnc(C)n1Cc1ccccc1. The Balaban J connectivity index is 2.09. The highest BCUT2D eigenvalue weighted by molar-refractivity contribution is 5.17. The number of nitrogens with one attached hydrogen (secondary N) is 1. The molecule has 18 heavy (non-hydrogen) atoms. The smallest absolute Gasteiger partial charge is 0.106 e. The first kappa shape index (κ1) is 12.8. The van der Waals surface area contributed by atoms with E-state index in [2.05, 4.69) is 53.0 Å². The van der Waals surface area contributed by atoms with Gasteiger partial charge in [0.25, 0.3) is 0 Å². The van der Waals surface area contributed by atoms with Gasteiger partial charge < -0.3 is 9.88 Å². The predicted octanol–water partition coefficient (Wildman–Crippen LogP) is 2.74. The summed E-state index contributed by atoms with van der Waals surface area (Å²) in [6.45, 7) is 7.08. The van der Waals surface area contributed by atoms with Crippen LogP contribution in [0.1, 0.15) is 30.4 Å². The maximum Gasteiger partial charge on any atom is 0.106 e. The molecule has 0 amide bonds. The van der Waals surface area contributed by atoms with E-state index in [9.17, 15) is 0 Å². The predicted molar refractivity (Wildman–Crippen MR) is 74.5 cm³/mol. The number of rotatable bonds is 6. The molecule has 0 saturated carbocycles. The van der Waals surface area contributed by atoms with Crippen molar-refractivity contribution in [3.63, 3.8) is 0 Å². The highest BCUT2D eigenvalue weighted by Gasteiger charge is 2.06. The van der Waals surface area contributed by atoms with Crippen LogP contribution < -0.4 is 5.32 Å². The lowest BCUT2D eigenvalue weighted by Gasteiger charge is -2.11. The molecule has 0 aliphatic heterocycles. The van der Waals surface area contributed by atoms with Crippen LogP contribution in [-0.2, 0) is 13.1 Å². The molecule has 1 N–H and O–H groups in total. The molecule has 0 aliphatic rings. The standard InChI is InChI=1S/C15H21N3/c1-3-9-16-10-15-11-17-13(2)18(15)12-14-7-5-4-6-8-14/h4-8,11,16H,3,9-10,12H2,1-2H3. The Kier molecular flexibility index (Phi) is 4.53. The van der Waals surface area contributed by atoms with Crippen LogP contribution in [0.5, 0.6) is 0 Å². The third-order valence-electron chi connectivity index (χ3n) is 3.05. The lowest BCUT2D eigenvalue weighted by atomic mass is 10.2. The van der Waals surface area contributed by atoms with Gasteiger partial charge in [-0.25, -0.2) is 4.98 Å². The molecule has 96 valence electrons. The van der Waals surface area contributed by atoms with Crippen molar-refractivity contribution in [2.75, 3.05) is 6.54 Å². The minimum atomic E-state index is 0.890. The molecule has 1 heterocycles. The zero-order chi connectivity index (χ0) is 12.8. The van der Waals surface area contributed by atoms with Gasteiger partial charge in [-0.3, -0.25) is 0 Å². The highest BCUT2D eigenvalue weighted by Crippen LogP contribution is 2.09. The van der Waals surface area contributed by atoms with Crippen LogP contribution in [0.25, 0.3) is 0 Å². The largest absolute Gasteiger partial charge is 0.327 e.